The van der Waals surface area contributed by atoms with Gasteiger partial charge in [-0.1, -0.05) is 26.0 Å². The van der Waals surface area contributed by atoms with Gasteiger partial charge in [0, 0.05) is 12.6 Å². The van der Waals surface area contributed by atoms with E-state index in [0.29, 0.717) is 12.5 Å². The molecule has 0 aromatic heterocycles. The minimum Gasteiger partial charge on any atom is -0.355 e. The molecule has 0 aliphatic carbocycles. The van der Waals surface area contributed by atoms with Gasteiger partial charge in [0.15, 0.2) is 0 Å². The van der Waals surface area contributed by atoms with Crippen LogP contribution in [-0.4, -0.2) is 18.5 Å². The summed E-state index contributed by atoms with van der Waals surface area (Å²) in [5.74, 6) is 0.330. The predicted octanol–water partition coefficient (Wildman–Crippen LogP) is 3.03. The minimum absolute atomic E-state index is 0.000360. The highest BCUT2D eigenvalue weighted by Crippen LogP contribution is 2.13. The van der Waals surface area contributed by atoms with Crippen LogP contribution >= 0.6 is 0 Å². The van der Waals surface area contributed by atoms with Crippen molar-refractivity contribution in [2.75, 3.05) is 6.54 Å². The maximum atomic E-state index is 12.9. The zero-order valence-corrected chi connectivity index (χ0v) is 12.7. The summed E-state index contributed by atoms with van der Waals surface area (Å²) < 4.78 is 12.9. The Morgan fingerprint density at radius 2 is 1.75 bits per heavy atom. The van der Waals surface area contributed by atoms with Crippen molar-refractivity contribution < 1.29 is 9.18 Å². The molecule has 1 unspecified atom stereocenters. The Morgan fingerprint density at radius 3 is 2.30 bits per heavy atom. The summed E-state index contributed by atoms with van der Waals surface area (Å²) in [6, 6.07) is 6.05. The fourth-order valence-corrected chi connectivity index (χ4v) is 1.94. The number of rotatable bonds is 7. The molecule has 0 bridgehead atoms. The lowest BCUT2D eigenvalue weighted by molar-refractivity contribution is -0.122. The van der Waals surface area contributed by atoms with E-state index in [9.17, 15) is 9.18 Å². The first-order chi connectivity index (χ1) is 9.40. The lowest BCUT2D eigenvalue weighted by atomic mass is 10.1. The maximum absolute atomic E-state index is 12.9. The molecular formula is C16H25FN2O. The van der Waals surface area contributed by atoms with Crippen molar-refractivity contribution in [1.29, 1.82) is 0 Å². The molecule has 0 radical (unpaired) electrons. The van der Waals surface area contributed by atoms with Gasteiger partial charge in [-0.05, 0) is 43.9 Å². The maximum Gasteiger partial charge on any atom is 0.236 e. The van der Waals surface area contributed by atoms with Gasteiger partial charge in [-0.2, -0.15) is 0 Å². The van der Waals surface area contributed by atoms with E-state index in [1.54, 1.807) is 12.1 Å². The Bertz CT molecular complexity index is 417. The fourth-order valence-electron chi connectivity index (χ4n) is 1.94. The Balaban J connectivity index is 2.42. The number of carbonyl (C=O) groups excluding carboxylic acids is 1. The lowest BCUT2D eigenvalue weighted by Crippen LogP contribution is -2.43. The SMILES string of the molecule is CC(C)CCNC(=O)C(C)N[C@@H](C)c1ccc(F)cc1. The van der Waals surface area contributed by atoms with Crippen LogP contribution in [0.3, 0.4) is 0 Å². The van der Waals surface area contributed by atoms with Gasteiger partial charge in [0.2, 0.25) is 5.91 Å². The summed E-state index contributed by atoms with van der Waals surface area (Å²) in [5, 5.41) is 6.14. The summed E-state index contributed by atoms with van der Waals surface area (Å²) in [6.45, 7) is 8.76. The van der Waals surface area contributed by atoms with E-state index in [4.69, 9.17) is 0 Å². The topological polar surface area (TPSA) is 41.1 Å². The highest BCUT2D eigenvalue weighted by Gasteiger charge is 2.15. The van der Waals surface area contributed by atoms with Crippen LogP contribution in [-0.2, 0) is 4.79 Å². The molecule has 2 atom stereocenters. The van der Waals surface area contributed by atoms with Gasteiger partial charge in [0.05, 0.1) is 6.04 Å². The standard InChI is InChI=1S/C16H25FN2O/c1-11(2)9-10-18-16(20)13(4)19-12(3)14-5-7-15(17)8-6-14/h5-8,11-13,19H,9-10H2,1-4H3,(H,18,20)/t12-,13?/m0/s1. The molecule has 2 N–H and O–H groups in total. The molecule has 0 spiro atoms. The van der Waals surface area contributed by atoms with Crippen molar-refractivity contribution in [1.82, 2.24) is 10.6 Å². The highest BCUT2D eigenvalue weighted by atomic mass is 19.1. The Kier molecular flexibility index (Phi) is 6.65. The average molecular weight is 280 g/mol. The van der Waals surface area contributed by atoms with Gasteiger partial charge < -0.3 is 5.32 Å². The normalized spacial score (nSPS) is 14.1. The van der Waals surface area contributed by atoms with E-state index in [0.717, 1.165) is 12.0 Å². The Hall–Kier alpha value is -1.42. The molecule has 0 saturated carbocycles. The molecular weight excluding hydrogens is 255 g/mol. The smallest absolute Gasteiger partial charge is 0.236 e. The molecule has 1 aromatic rings. The van der Waals surface area contributed by atoms with E-state index < -0.39 is 0 Å². The number of benzene rings is 1. The lowest BCUT2D eigenvalue weighted by Gasteiger charge is -2.20. The van der Waals surface area contributed by atoms with Crippen LogP contribution in [0.25, 0.3) is 0 Å². The van der Waals surface area contributed by atoms with E-state index in [-0.39, 0.29) is 23.8 Å². The van der Waals surface area contributed by atoms with E-state index in [1.165, 1.54) is 12.1 Å². The second-order valence-electron chi connectivity index (χ2n) is 5.64. The molecule has 0 saturated heterocycles. The molecule has 112 valence electrons. The molecule has 0 heterocycles. The molecule has 20 heavy (non-hydrogen) atoms. The van der Waals surface area contributed by atoms with Crippen molar-refractivity contribution in [2.24, 2.45) is 5.92 Å². The summed E-state index contributed by atoms with van der Waals surface area (Å²) >= 11 is 0. The molecule has 1 rings (SSSR count). The van der Waals surface area contributed by atoms with Crippen LogP contribution in [0.5, 0.6) is 0 Å². The Labute approximate surface area is 121 Å². The van der Waals surface area contributed by atoms with Crippen LogP contribution in [0.1, 0.15) is 45.7 Å². The largest absolute Gasteiger partial charge is 0.355 e. The van der Waals surface area contributed by atoms with Crippen LogP contribution in [0, 0.1) is 11.7 Å². The molecule has 0 aliphatic heterocycles. The number of halogens is 1. The van der Waals surface area contributed by atoms with Crippen LogP contribution < -0.4 is 10.6 Å². The van der Waals surface area contributed by atoms with Gasteiger partial charge in [-0.25, -0.2) is 4.39 Å². The summed E-state index contributed by atoms with van der Waals surface area (Å²) in [7, 11) is 0. The molecule has 1 aromatic carbocycles. The number of hydrogen-bond donors (Lipinski definition) is 2. The zero-order valence-electron chi connectivity index (χ0n) is 12.7. The third-order valence-corrected chi connectivity index (χ3v) is 3.28. The summed E-state index contributed by atoms with van der Waals surface area (Å²) in [4.78, 5) is 11.9. The van der Waals surface area contributed by atoms with Crippen molar-refractivity contribution in [3.8, 4) is 0 Å². The van der Waals surface area contributed by atoms with Crippen LogP contribution in [0.4, 0.5) is 4.39 Å². The highest BCUT2D eigenvalue weighted by molar-refractivity contribution is 5.81. The quantitative estimate of drug-likeness (QED) is 0.806. The van der Waals surface area contributed by atoms with Gasteiger partial charge >= 0.3 is 0 Å². The molecule has 3 nitrogen and oxygen atoms in total. The summed E-state index contributed by atoms with van der Waals surface area (Å²) in [5.41, 5.74) is 0.966. The van der Waals surface area contributed by atoms with Crippen LogP contribution in [0.15, 0.2) is 24.3 Å². The first kappa shape index (κ1) is 16.6. The summed E-state index contributed by atoms with van der Waals surface area (Å²) in [6.07, 6.45) is 0.978. The second-order valence-corrected chi connectivity index (χ2v) is 5.64. The average Bonchev–Trinajstić information content (AvgIpc) is 2.38. The van der Waals surface area contributed by atoms with Crippen LogP contribution in [0.2, 0.25) is 0 Å². The number of hydrogen-bond acceptors (Lipinski definition) is 2. The third-order valence-electron chi connectivity index (χ3n) is 3.28. The minimum atomic E-state index is -0.276. The third kappa shape index (κ3) is 5.70. The molecule has 1 amide bonds. The Morgan fingerprint density at radius 1 is 1.15 bits per heavy atom. The second kappa shape index (κ2) is 8.00. The first-order valence-electron chi connectivity index (χ1n) is 7.19. The van der Waals surface area contributed by atoms with Gasteiger partial charge in [0.1, 0.15) is 5.82 Å². The monoisotopic (exact) mass is 280 g/mol. The molecule has 0 aliphatic rings. The van der Waals surface area contributed by atoms with Gasteiger partial charge in [-0.15, -0.1) is 0 Å². The number of carbonyl (C=O) groups is 1. The van der Waals surface area contributed by atoms with Crippen molar-refractivity contribution >= 4 is 5.91 Å². The molecule has 0 fully saturated rings. The van der Waals surface area contributed by atoms with Crippen molar-refractivity contribution in [2.45, 2.75) is 46.2 Å². The van der Waals surface area contributed by atoms with E-state index in [2.05, 4.69) is 24.5 Å². The number of amides is 1. The zero-order chi connectivity index (χ0) is 15.1. The van der Waals surface area contributed by atoms with Crippen molar-refractivity contribution in [3.05, 3.63) is 35.6 Å². The predicted molar refractivity (Wildman–Crippen MR) is 79.9 cm³/mol. The van der Waals surface area contributed by atoms with Gasteiger partial charge in [0.25, 0.3) is 0 Å². The van der Waals surface area contributed by atoms with Crippen molar-refractivity contribution in [3.63, 3.8) is 0 Å². The first-order valence-corrected chi connectivity index (χ1v) is 7.19. The van der Waals surface area contributed by atoms with Gasteiger partial charge in [-0.3, -0.25) is 10.1 Å². The van der Waals surface area contributed by atoms with E-state index in [1.807, 2.05) is 13.8 Å². The fraction of sp³-hybridized carbons (Fsp3) is 0.562. The molecule has 4 heteroatoms. The number of nitrogens with one attached hydrogen (secondary N) is 2. The van der Waals surface area contributed by atoms with E-state index >= 15 is 0 Å².